The quantitative estimate of drug-likeness (QED) is 0.657. The third-order valence-electron chi connectivity index (χ3n) is 3.81. The average molecular weight is 299 g/mol. The van der Waals surface area contributed by atoms with E-state index < -0.39 is 0 Å². The molecule has 1 heteroatoms. The molecule has 0 fully saturated rings. The monoisotopic (exact) mass is 299 g/mol. The molecule has 0 radical (unpaired) electrons. The van der Waals surface area contributed by atoms with E-state index in [2.05, 4.69) is 96.3 Å². The molecular weight excluding hydrogens is 278 g/mol. The number of hydrogen-bond acceptors (Lipinski definition) is 1. The Bertz CT molecular complexity index is 718. The third-order valence-corrected chi connectivity index (χ3v) is 3.81. The first kappa shape index (κ1) is 15.3. The smallest absolute Gasteiger partial charge is 0.0512 e. The summed E-state index contributed by atoms with van der Waals surface area (Å²) in [5.74, 6) is 0. The Balaban J connectivity index is 1.75. The molecule has 0 amide bonds. The number of rotatable bonds is 6. The van der Waals surface area contributed by atoms with Crippen LogP contribution in [0.15, 0.2) is 97.1 Å². The first-order valence-corrected chi connectivity index (χ1v) is 7.97. The van der Waals surface area contributed by atoms with Gasteiger partial charge in [-0.05, 0) is 16.7 Å². The molecule has 23 heavy (non-hydrogen) atoms. The van der Waals surface area contributed by atoms with E-state index in [1.807, 2.05) is 12.1 Å². The summed E-state index contributed by atoms with van der Waals surface area (Å²) in [6.45, 7) is 0.847. The van der Waals surface area contributed by atoms with E-state index in [1.54, 1.807) is 0 Å². The van der Waals surface area contributed by atoms with Gasteiger partial charge in [0.05, 0.1) is 6.04 Å². The van der Waals surface area contributed by atoms with Crippen molar-refractivity contribution in [3.05, 3.63) is 114 Å². The minimum Gasteiger partial charge on any atom is -0.303 e. The van der Waals surface area contributed by atoms with Crippen molar-refractivity contribution in [3.8, 4) is 0 Å². The van der Waals surface area contributed by atoms with Gasteiger partial charge in [0.25, 0.3) is 0 Å². The van der Waals surface area contributed by atoms with Crippen molar-refractivity contribution in [2.75, 3.05) is 0 Å². The summed E-state index contributed by atoms with van der Waals surface area (Å²) in [6, 6.07) is 31.7. The Labute approximate surface area is 138 Å². The van der Waals surface area contributed by atoms with Gasteiger partial charge in [-0.15, -0.1) is 0 Å². The largest absolute Gasteiger partial charge is 0.303 e. The van der Waals surface area contributed by atoms with Gasteiger partial charge >= 0.3 is 0 Å². The summed E-state index contributed by atoms with van der Waals surface area (Å²) < 4.78 is 0. The minimum atomic E-state index is 0.191. The van der Waals surface area contributed by atoms with E-state index >= 15 is 0 Å². The second kappa shape index (κ2) is 8.11. The molecule has 3 aromatic carbocycles. The molecule has 3 rings (SSSR count). The topological polar surface area (TPSA) is 12.0 Å². The zero-order chi connectivity index (χ0) is 15.7. The lowest BCUT2D eigenvalue weighted by atomic mass is 10.0. The van der Waals surface area contributed by atoms with E-state index in [9.17, 15) is 0 Å². The molecule has 1 atom stereocenters. The zero-order valence-electron chi connectivity index (χ0n) is 13.1. The summed E-state index contributed by atoms with van der Waals surface area (Å²) in [5.41, 5.74) is 3.78. The fraction of sp³-hybridized carbons (Fsp3) is 0.0909. The highest BCUT2D eigenvalue weighted by Crippen LogP contribution is 2.17. The molecule has 0 unspecified atom stereocenters. The van der Waals surface area contributed by atoms with Crippen LogP contribution in [0.1, 0.15) is 22.7 Å². The molecule has 114 valence electrons. The van der Waals surface area contributed by atoms with Crippen LogP contribution in [0, 0.1) is 0 Å². The second-order valence-electron chi connectivity index (χ2n) is 5.52. The number of nitrogens with one attached hydrogen (secondary N) is 1. The molecule has 0 saturated carbocycles. The summed E-state index contributed by atoms with van der Waals surface area (Å²) in [6.07, 6.45) is 4.41. The molecule has 0 aliphatic carbocycles. The van der Waals surface area contributed by atoms with Crippen molar-refractivity contribution in [1.29, 1.82) is 0 Å². The first-order chi connectivity index (χ1) is 11.4. The molecule has 3 aromatic rings. The fourth-order valence-electron chi connectivity index (χ4n) is 2.55. The van der Waals surface area contributed by atoms with E-state index in [4.69, 9.17) is 0 Å². The normalized spacial score (nSPS) is 12.3. The lowest BCUT2D eigenvalue weighted by Crippen LogP contribution is -2.19. The van der Waals surface area contributed by atoms with Crippen molar-refractivity contribution in [3.63, 3.8) is 0 Å². The average Bonchev–Trinajstić information content (AvgIpc) is 2.64. The van der Waals surface area contributed by atoms with Gasteiger partial charge in [0.2, 0.25) is 0 Å². The van der Waals surface area contributed by atoms with Crippen molar-refractivity contribution in [2.45, 2.75) is 12.6 Å². The third kappa shape index (κ3) is 4.67. The van der Waals surface area contributed by atoms with Crippen LogP contribution in [0.4, 0.5) is 0 Å². The van der Waals surface area contributed by atoms with Gasteiger partial charge in [0.15, 0.2) is 0 Å². The molecule has 1 nitrogen and oxygen atoms in total. The van der Waals surface area contributed by atoms with Gasteiger partial charge in [0.1, 0.15) is 0 Å². The molecule has 0 aliphatic heterocycles. The summed E-state index contributed by atoms with van der Waals surface area (Å²) >= 11 is 0. The van der Waals surface area contributed by atoms with Crippen molar-refractivity contribution in [1.82, 2.24) is 5.32 Å². The van der Waals surface area contributed by atoms with Crippen molar-refractivity contribution in [2.24, 2.45) is 0 Å². The van der Waals surface area contributed by atoms with Crippen LogP contribution in [0.2, 0.25) is 0 Å². The summed E-state index contributed by atoms with van der Waals surface area (Å²) in [4.78, 5) is 0. The predicted octanol–water partition coefficient (Wildman–Crippen LogP) is 5.23. The van der Waals surface area contributed by atoms with Crippen LogP contribution in [-0.4, -0.2) is 0 Å². The van der Waals surface area contributed by atoms with Gasteiger partial charge in [-0.1, -0.05) is 103 Å². The first-order valence-electron chi connectivity index (χ1n) is 7.97. The van der Waals surface area contributed by atoms with Crippen LogP contribution in [0.3, 0.4) is 0 Å². The van der Waals surface area contributed by atoms with Crippen LogP contribution in [0.25, 0.3) is 6.08 Å². The summed E-state index contributed by atoms with van der Waals surface area (Å²) in [5, 5.41) is 3.64. The number of hydrogen-bond donors (Lipinski definition) is 1. The Kier molecular flexibility index (Phi) is 5.38. The lowest BCUT2D eigenvalue weighted by Gasteiger charge is -2.16. The highest BCUT2D eigenvalue weighted by molar-refractivity contribution is 5.50. The van der Waals surface area contributed by atoms with Crippen LogP contribution < -0.4 is 5.32 Å². The summed E-state index contributed by atoms with van der Waals surface area (Å²) in [7, 11) is 0. The second-order valence-corrected chi connectivity index (χ2v) is 5.52. The molecule has 0 bridgehead atoms. The zero-order valence-corrected chi connectivity index (χ0v) is 13.1. The van der Waals surface area contributed by atoms with E-state index in [0.29, 0.717) is 0 Å². The van der Waals surface area contributed by atoms with Crippen molar-refractivity contribution < 1.29 is 0 Å². The van der Waals surface area contributed by atoms with Crippen LogP contribution in [-0.2, 0) is 6.54 Å². The Morgan fingerprint density at radius 2 is 1.26 bits per heavy atom. The Hall–Kier alpha value is -2.64. The van der Waals surface area contributed by atoms with Gasteiger partial charge in [-0.2, -0.15) is 0 Å². The number of benzene rings is 3. The SMILES string of the molecule is C(=C\[C@H](NCc1ccccc1)c1ccccc1)/c1ccccc1. The molecule has 0 aliphatic rings. The van der Waals surface area contributed by atoms with Crippen molar-refractivity contribution >= 4 is 6.08 Å². The lowest BCUT2D eigenvalue weighted by molar-refractivity contribution is 0.623. The molecular formula is C22H21N. The maximum atomic E-state index is 3.64. The highest BCUT2D eigenvalue weighted by atomic mass is 14.9. The van der Waals surface area contributed by atoms with Gasteiger partial charge in [-0.3, -0.25) is 0 Å². The molecule has 0 aromatic heterocycles. The fourth-order valence-corrected chi connectivity index (χ4v) is 2.55. The highest BCUT2D eigenvalue weighted by Gasteiger charge is 2.06. The van der Waals surface area contributed by atoms with Crippen LogP contribution >= 0.6 is 0 Å². The molecule has 0 saturated heterocycles. The van der Waals surface area contributed by atoms with Crippen LogP contribution in [0.5, 0.6) is 0 Å². The van der Waals surface area contributed by atoms with Gasteiger partial charge < -0.3 is 5.32 Å². The Morgan fingerprint density at radius 1 is 0.696 bits per heavy atom. The maximum absolute atomic E-state index is 3.64. The standard InChI is InChI=1S/C22H21N/c1-4-10-19(11-5-1)16-17-22(21-14-8-3-9-15-21)23-18-20-12-6-2-7-13-20/h1-17,22-23H,18H2/b17-16+/t22-/m0/s1. The minimum absolute atomic E-state index is 0.191. The predicted molar refractivity (Wildman–Crippen MR) is 97.9 cm³/mol. The van der Waals surface area contributed by atoms with Gasteiger partial charge in [-0.25, -0.2) is 0 Å². The molecule has 0 spiro atoms. The molecule has 0 heterocycles. The van der Waals surface area contributed by atoms with E-state index in [0.717, 1.165) is 6.54 Å². The van der Waals surface area contributed by atoms with E-state index in [1.165, 1.54) is 16.7 Å². The van der Waals surface area contributed by atoms with Gasteiger partial charge in [0, 0.05) is 6.54 Å². The molecule has 1 N–H and O–H groups in total. The maximum Gasteiger partial charge on any atom is 0.0512 e. The Morgan fingerprint density at radius 3 is 1.91 bits per heavy atom. The van der Waals surface area contributed by atoms with E-state index in [-0.39, 0.29) is 6.04 Å².